The summed E-state index contributed by atoms with van der Waals surface area (Å²) in [4.78, 5) is 13.0. The first-order chi connectivity index (χ1) is 19.3. The molecule has 5 N–H and O–H groups in total. The molecule has 0 spiro atoms. The van der Waals surface area contributed by atoms with Gasteiger partial charge in [-0.2, -0.15) is 4.72 Å². The van der Waals surface area contributed by atoms with Crippen molar-refractivity contribution >= 4 is 21.8 Å². The molecule has 6 atom stereocenters. The van der Waals surface area contributed by atoms with E-state index in [0.717, 1.165) is 37.7 Å². The molecule has 40 heavy (non-hydrogen) atoms. The number of rotatable bonds is 11. The molecule has 4 unspecified atom stereocenters. The Morgan fingerprint density at radius 1 is 1.07 bits per heavy atom. The highest BCUT2D eigenvalue weighted by atomic mass is 32.2. The van der Waals surface area contributed by atoms with Gasteiger partial charge in [-0.1, -0.05) is 49.2 Å². The molecule has 12 heteroatoms. The van der Waals surface area contributed by atoms with E-state index >= 15 is 0 Å². The lowest BCUT2D eigenvalue weighted by molar-refractivity contribution is -0.0912. The molecule has 3 fully saturated rings. The standard InChI is InChI=1S/C28H37N3O8S/c29-19-9-6-12-21(16-19)40(34,35)31-26(38-20-10-4-5-11-20)25(32)23(15-18-7-2-1-3-8-18)30-28(33)39-24-17-37-27-22(24)13-14-36-27/h1-3,6-9,12,16,20,22-27,31-32H,4-5,10-11,13-15,17,29H2,(H,30,33)/t22?,23-,24?,25+,26?,27?/m0/s1. The van der Waals surface area contributed by atoms with Gasteiger partial charge in [0.25, 0.3) is 0 Å². The number of ether oxygens (including phenoxy) is 4. The summed E-state index contributed by atoms with van der Waals surface area (Å²) >= 11 is 0. The van der Waals surface area contributed by atoms with Crippen molar-refractivity contribution in [3.8, 4) is 0 Å². The summed E-state index contributed by atoms with van der Waals surface area (Å²) in [6.07, 6.45) is -0.309. The van der Waals surface area contributed by atoms with Crippen LogP contribution in [0.2, 0.25) is 0 Å². The highest BCUT2D eigenvalue weighted by Gasteiger charge is 2.44. The van der Waals surface area contributed by atoms with E-state index in [4.69, 9.17) is 24.7 Å². The number of fused-ring (bicyclic) bond motifs is 1. The van der Waals surface area contributed by atoms with Gasteiger partial charge in [0, 0.05) is 5.69 Å². The van der Waals surface area contributed by atoms with Gasteiger partial charge in [0.05, 0.1) is 36.2 Å². The Balaban J connectivity index is 1.36. The smallest absolute Gasteiger partial charge is 0.407 e. The fourth-order valence-electron chi connectivity index (χ4n) is 5.52. The van der Waals surface area contributed by atoms with Crippen LogP contribution in [-0.4, -0.2) is 69.7 Å². The number of aliphatic hydroxyl groups is 1. The van der Waals surface area contributed by atoms with Crippen molar-refractivity contribution in [2.45, 2.75) is 80.3 Å². The van der Waals surface area contributed by atoms with E-state index in [-0.39, 0.29) is 41.9 Å². The summed E-state index contributed by atoms with van der Waals surface area (Å²) in [5.74, 6) is -0.0492. The predicted molar refractivity (Wildman–Crippen MR) is 145 cm³/mol. The van der Waals surface area contributed by atoms with Gasteiger partial charge in [0.15, 0.2) is 6.29 Å². The third-order valence-corrected chi connectivity index (χ3v) is 9.07. The highest BCUT2D eigenvalue weighted by Crippen LogP contribution is 2.33. The molecule has 0 bridgehead atoms. The number of aliphatic hydroxyl groups excluding tert-OH is 1. The van der Waals surface area contributed by atoms with Gasteiger partial charge in [-0.3, -0.25) is 0 Å². The van der Waals surface area contributed by atoms with Crippen molar-refractivity contribution in [3.63, 3.8) is 0 Å². The van der Waals surface area contributed by atoms with Crippen molar-refractivity contribution < 1.29 is 37.3 Å². The number of nitrogen functional groups attached to an aromatic ring is 1. The number of hydrogen-bond donors (Lipinski definition) is 4. The van der Waals surface area contributed by atoms with E-state index in [0.29, 0.717) is 6.61 Å². The van der Waals surface area contributed by atoms with Gasteiger partial charge in [-0.25, -0.2) is 13.2 Å². The van der Waals surface area contributed by atoms with Crippen molar-refractivity contribution in [1.29, 1.82) is 0 Å². The van der Waals surface area contributed by atoms with E-state index in [1.807, 2.05) is 30.3 Å². The van der Waals surface area contributed by atoms with Crippen LogP contribution in [0.5, 0.6) is 0 Å². The molecule has 2 aromatic carbocycles. The zero-order valence-corrected chi connectivity index (χ0v) is 23.0. The Hall–Kier alpha value is -2.74. The molecular formula is C28H37N3O8S. The lowest BCUT2D eigenvalue weighted by Crippen LogP contribution is -2.57. The number of anilines is 1. The zero-order valence-electron chi connectivity index (χ0n) is 22.2. The first-order valence-electron chi connectivity index (χ1n) is 13.7. The zero-order chi connectivity index (χ0) is 28.1. The van der Waals surface area contributed by atoms with Crippen LogP contribution in [0.3, 0.4) is 0 Å². The quantitative estimate of drug-likeness (QED) is 0.233. The third-order valence-electron chi connectivity index (χ3n) is 7.65. The SMILES string of the molecule is Nc1cccc(S(=O)(=O)NC(OC2CCCC2)[C@H](O)[C@H](Cc2ccccc2)NC(=O)OC2COC3OCCC23)c1. The average Bonchev–Trinajstić information content (AvgIpc) is 3.69. The lowest BCUT2D eigenvalue weighted by Gasteiger charge is -2.33. The van der Waals surface area contributed by atoms with Gasteiger partial charge in [0.1, 0.15) is 18.4 Å². The molecule has 1 aliphatic carbocycles. The van der Waals surface area contributed by atoms with Crippen LogP contribution in [0.1, 0.15) is 37.7 Å². The van der Waals surface area contributed by atoms with E-state index in [2.05, 4.69) is 10.0 Å². The monoisotopic (exact) mass is 575 g/mol. The van der Waals surface area contributed by atoms with Crippen LogP contribution < -0.4 is 15.8 Å². The Morgan fingerprint density at radius 3 is 2.60 bits per heavy atom. The van der Waals surface area contributed by atoms with Crippen molar-refractivity contribution in [2.24, 2.45) is 5.92 Å². The number of amides is 1. The summed E-state index contributed by atoms with van der Waals surface area (Å²) in [5.41, 5.74) is 6.93. The van der Waals surface area contributed by atoms with Crippen LogP contribution >= 0.6 is 0 Å². The van der Waals surface area contributed by atoms with Gasteiger partial charge < -0.3 is 35.1 Å². The van der Waals surface area contributed by atoms with E-state index in [1.54, 1.807) is 6.07 Å². The second kappa shape index (κ2) is 12.8. The topological polar surface area (TPSA) is 158 Å². The number of carbonyl (C=O) groups is 1. The summed E-state index contributed by atoms with van der Waals surface area (Å²) < 4.78 is 52.1. The second-order valence-corrected chi connectivity index (χ2v) is 12.3. The molecule has 0 aromatic heterocycles. The van der Waals surface area contributed by atoms with E-state index in [1.165, 1.54) is 18.2 Å². The lowest BCUT2D eigenvalue weighted by atomic mass is 10.00. The van der Waals surface area contributed by atoms with Crippen LogP contribution in [0.25, 0.3) is 0 Å². The largest absolute Gasteiger partial charge is 0.443 e. The van der Waals surface area contributed by atoms with Crippen LogP contribution in [-0.2, 0) is 35.4 Å². The first kappa shape index (κ1) is 28.8. The molecule has 0 radical (unpaired) electrons. The summed E-state index contributed by atoms with van der Waals surface area (Å²) in [6.45, 7) is 0.766. The number of carbonyl (C=O) groups excluding carboxylic acids is 1. The van der Waals surface area contributed by atoms with Gasteiger partial charge in [-0.05, 0) is 49.4 Å². The number of nitrogens with two attached hydrogens (primary N) is 1. The predicted octanol–water partition coefficient (Wildman–Crippen LogP) is 2.29. The molecule has 2 aromatic rings. The summed E-state index contributed by atoms with van der Waals surface area (Å²) in [6, 6.07) is 14.2. The number of hydrogen-bond acceptors (Lipinski definition) is 9. The molecule has 3 aliphatic rings. The molecule has 11 nitrogen and oxygen atoms in total. The average molecular weight is 576 g/mol. The van der Waals surface area contributed by atoms with Crippen molar-refractivity contribution in [3.05, 3.63) is 60.2 Å². The number of sulfonamides is 1. The minimum atomic E-state index is -4.12. The maximum Gasteiger partial charge on any atom is 0.407 e. The molecule has 218 valence electrons. The normalized spacial score (nSPS) is 25.3. The Kier molecular flexibility index (Phi) is 9.24. The molecule has 2 heterocycles. The molecule has 2 aliphatic heterocycles. The van der Waals surface area contributed by atoms with Crippen molar-refractivity contribution in [2.75, 3.05) is 18.9 Å². The summed E-state index contributed by atoms with van der Waals surface area (Å²) in [5, 5.41) is 14.4. The van der Waals surface area contributed by atoms with E-state index in [9.17, 15) is 18.3 Å². The minimum absolute atomic E-state index is 0.0492. The molecule has 2 saturated heterocycles. The number of benzene rings is 2. The van der Waals surface area contributed by atoms with Crippen LogP contribution in [0.4, 0.5) is 10.5 Å². The molecule has 1 amide bonds. The third kappa shape index (κ3) is 7.12. The van der Waals surface area contributed by atoms with Crippen LogP contribution in [0, 0.1) is 5.92 Å². The molecule has 1 saturated carbocycles. The second-order valence-electron chi connectivity index (χ2n) is 10.6. The maximum atomic E-state index is 13.3. The molecule has 5 rings (SSSR count). The van der Waals surface area contributed by atoms with Crippen LogP contribution in [0.15, 0.2) is 59.5 Å². The fourth-order valence-corrected chi connectivity index (χ4v) is 6.70. The van der Waals surface area contributed by atoms with Crippen molar-refractivity contribution in [1.82, 2.24) is 10.0 Å². The number of nitrogens with one attached hydrogen (secondary N) is 2. The Bertz CT molecular complexity index is 1240. The fraction of sp³-hybridized carbons (Fsp3) is 0.536. The van der Waals surface area contributed by atoms with Gasteiger partial charge in [-0.15, -0.1) is 0 Å². The van der Waals surface area contributed by atoms with Gasteiger partial charge in [0.2, 0.25) is 10.0 Å². The highest BCUT2D eigenvalue weighted by molar-refractivity contribution is 7.89. The maximum absolute atomic E-state index is 13.3. The Labute approximate surface area is 234 Å². The Morgan fingerprint density at radius 2 is 1.85 bits per heavy atom. The van der Waals surface area contributed by atoms with Gasteiger partial charge >= 0.3 is 6.09 Å². The summed E-state index contributed by atoms with van der Waals surface area (Å²) in [7, 11) is -4.12. The first-order valence-corrected chi connectivity index (χ1v) is 15.2. The minimum Gasteiger partial charge on any atom is -0.443 e. The molecular weight excluding hydrogens is 538 g/mol. The van der Waals surface area contributed by atoms with E-state index < -0.39 is 40.6 Å². The number of alkyl carbamates (subject to hydrolysis) is 1.